The van der Waals surface area contributed by atoms with Crippen molar-refractivity contribution in [3.63, 3.8) is 0 Å². The largest absolute Gasteiger partial charge is 0.489 e. The van der Waals surface area contributed by atoms with Gasteiger partial charge in [0.1, 0.15) is 12.4 Å². The summed E-state index contributed by atoms with van der Waals surface area (Å²) in [6, 6.07) is 12.5. The molecule has 0 unspecified atom stereocenters. The van der Waals surface area contributed by atoms with E-state index in [2.05, 4.69) is 63.3 Å². The molecule has 1 N–H and O–H groups in total. The Hall–Kier alpha value is -2.29. The summed E-state index contributed by atoms with van der Waals surface area (Å²) in [4.78, 5) is 11.9. The second-order valence-electron chi connectivity index (χ2n) is 6.72. The molecule has 0 saturated heterocycles. The lowest BCUT2D eigenvalue weighted by atomic mass is 10.00. The molecule has 1 amide bonds. The molecule has 0 aliphatic heterocycles. The number of hydrogen-bond donors (Lipinski definition) is 1. The highest BCUT2D eigenvalue weighted by Gasteiger charge is 2.10. The van der Waals surface area contributed by atoms with Gasteiger partial charge >= 0.3 is 0 Å². The monoisotopic (exact) mass is 339 g/mol. The lowest BCUT2D eigenvalue weighted by Crippen LogP contribution is -2.13. The molecule has 2 rings (SSSR count). The van der Waals surface area contributed by atoms with Crippen LogP contribution in [0.5, 0.6) is 5.75 Å². The average molecular weight is 339 g/mol. The van der Waals surface area contributed by atoms with Crippen LogP contribution >= 0.6 is 0 Å². The molecule has 0 spiro atoms. The molecule has 0 aliphatic carbocycles. The van der Waals surface area contributed by atoms with Crippen molar-refractivity contribution in [2.24, 2.45) is 0 Å². The lowest BCUT2D eigenvalue weighted by molar-refractivity contribution is -0.115. The van der Waals surface area contributed by atoms with E-state index in [-0.39, 0.29) is 5.91 Å². The van der Waals surface area contributed by atoms with Crippen LogP contribution in [0.25, 0.3) is 0 Å². The van der Waals surface area contributed by atoms with Crippen LogP contribution < -0.4 is 10.1 Å². The number of carbonyl (C=O) groups excluding carboxylic acids is 1. The standard InChI is InChI=1S/C22H29NO2/c1-6-17-8-11-21(16(5)12-17)25-14-19-10-9-18(15(3)4)13-20(19)23-22(24)7-2/h8-13,15H,6-7,14H2,1-5H3,(H,23,24). The zero-order chi connectivity index (χ0) is 18.4. The summed E-state index contributed by atoms with van der Waals surface area (Å²) < 4.78 is 6.03. The van der Waals surface area contributed by atoms with E-state index in [1.807, 2.05) is 13.0 Å². The van der Waals surface area contributed by atoms with Crippen molar-refractivity contribution in [2.75, 3.05) is 5.32 Å². The van der Waals surface area contributed by atoms with Crippen LogP contribution in [0.2, 0.25) is 0 Å². The van der Waals surface area contributed by atoms with Crippen molar-refractivity contribution in [2.45, 2.75) is 60.0 Å². The van der Waals surface area contributed by atoms with Gasteiger partial charge in [0, 0.05) is 17.7 Å². The minimum Gasteiger partial charge on any atom is -0.489 e. The van der Waals surface area contributed by atoms with E-state index in [1.165, 1.54) is 11.1 Å². The fourth-order valence-corrected chi connectivity index (χ4v) is 2.68. The van der Waals surface area contributed by atoms with E-state index in [1.54, 1.807) is 0 Å². The molecule has 2 aromatic carbocycles. The molecule has 3 heteroatoms. The van der Waals surface area contributed by atoms with Gasteiger partial charge in [0.15, 0.2) is 0 Å². The van der Waals surface area contributed by atoms with Gasteiger partial charge in [-0.15, -0.1) is 0 Å². The average Bonchev–Trinajstić information content (AvgIpc) is 2.61. The second kappa shape index (κ2) is 8.70. The number of anilines is 1. The van der Waals surface area contributed by atoms with Crippen LogP contribution in [0.1, 0.15) is 62.3 Å². The molecule has 0 heterocycles. The number of rotatable bonds is 7. The zero-order valence-corrected chi connectivity index (χ0v) is 16.0. The van der Waals surface area contributed by atoms with Gasteiger partial charge in [-0.3, -0.25) is 4.79 Å². The Morgan fingerprint density at radius 2 is 1.88 bits per heavy atom. The van der Waals surface area contributed by atoms with Gasteiger partial charge in [0.25, 0.3) is 0 Å². The van der Waals surface area contributed by atoms with E-state index < -0.39 is 0 Å². The number of ether oxygens (including phenoxy) is 1. The third kappa shape index (κ3) is 5.09. The van der Waals surface area contributed by atoms with Crippen molar-refractivity contribution in [3.05, 3.63) is 58.7 Å². The predicted molar refractivity (Wildman–Crippen MR) is 104 cm³/mol. The molecule has 0 bridgehead atoms. The fraction of sp³-hybridized carbons (Fsp3) is 0.409. The number of carbonyl (C=O) groups is 1. The number of aryl methyl sites for hydroxylation is 2. The molecule has 0 saturated carbocycles. The van der Waals surface area contributed by atoms with Gasteiger partial charge in [-0.25, -0.2) is 0 Å². The lowest BCUT2D eigenvalue weighted by Gasteiger charge is -2.16. The topological polar surface area (TPSA) is 38.3 Å². The molecule has 0 fully saturated rings. The summed E-state index contributed by atoms with van der Waals surface area (Å²) in [7, 11) is 0. The van der Waals surface area contributed by atoms with Crippen LogP contribution in [0, 0.1) is 6.92 Å². The molecular weight excluding hydrogens is 310 g/mol. The smallest absolute Gasteiger partial charge is 0.224 e. The first kappa shape index (κ1) is 19.0. The Labute approximate surface area is 151 Å². The highest BCUT2D eigenvalue weighted by molar-refractivity contribution is 5.91. The minimum absolute atomic E-state index is 0.0191. The SMILES string of the molecule is CCC(=O)Nc1cc(C(C)C)ccc1COc1ccc(CC)cc1C. The number of benzene rings is 2. The summed E-state index contributed by atoms with van der Waals surface area (Å²) in [5.74, 6) is 1.32. The highest BCUT2D eigenvalue weighted by Crippen LogP contribution is 2.26. The van der Waals surface area contributed by atoms with Crippen LogP contribution in [0.4, 0.5) is 5.69 Å². The molecule has 0 aliphatic rings. The van der Waals surface area contributed by atoms with Gasteiger partial charge in [-0.1, -0.05) is 52.0 Å². The number of hydrogen-bond acceptors (Lipinski definition) is 2. The second-order valence-corrected chi connectivity index (χ2v) is 6.72. The summed E-state index contributed by atoms with van der Waals surface area (Å²) in [5, 5.41) is 3.01. The Morgan fingerprint density at radius 1 is 1.12 bits per heavy atom. The van der Waals surface area contributed by atoms with Gasteiger partial charge < -0.3 is 10.1 Å². The van der Waals surface area contributed by atoms with Crippen molar-refractivity contribution < 1.29 is 9.53 Å². The fourth-order valence-electron chi connectivity index (χ4n) is 2.68. The van der Waals surface area contributed by atoms with Crippen molar-refractivity contribution >= 4 is 11.6 Å². The Balaban J connectivity index is 2.21. The Morgan fingerprint density at radius 3 is 2.48 bits per heavy atom. The first-order valence-electron chi connectivity index (χ1n) is 9.09. The third-order valence-corrected chi connectivity index (χ3v) is 4.43. The van der Waals surface area contributed by atoms with Crippen LogP contribution in [0.3, 0.4) is 0 Å². The quantitative estimate of drug-likeness (QED) is 0.712. The van der Waals surface area contributed by atoms with Gasteiger partial charge in [-0.05, 0) is 48.1 Å². The summed E-state index contributed by atoms with van der Waals surface area (Å²) in [6.07, 6.45) is 1.48. The molecule has 134 valence electrons. The summed E-state index contributed by atoms with van der Waals surface area (Å²) >= 11 is 0. The van der Waals surface area contributed by atoms with E-state index >= 15 is 0 Å². The van der Waals surface area contributed by atoms with E-state index in [4.69, 9.17) is 4.74 Å². The van der Waals surface area contributed by atoms with Crippen molar-refractivity contribution in [1.29, 1.82) is 0 Å². The number of nitrogens with one attached hydrogen (secondary N) is 1. The van der Waals surface area contributed by atoms with E-state index in [0.717, 1.165) is 29.0 Å². The predicted octanol–water partition coefficient (Wildman–Crippen LogP) is 5.61. The van der Waals surface area contributed by atoms with Gasteiger partial charge in [-0.2, -0.15) is 0 Å². The first-order valence-corrected chi connectivity index (χ1v) is 9.09. The molecular formula is C22H29NO2. The number of amides is 1. The summed E-state index contributed by atoms with van der Waals surface area (Å²) in [5.41, 5.74) is 5.49. The normalized spacial score (nSPS) is 10.8. The highest BCUT2D eigenvalue weighted by atomic mass is 16.5. The Kier molecular flexibility index (Phi) is 6.63. The van der Waals surface area contributed by atoms with Crippen molar-refractivity contribution in [1.82, 2.24) is 0 Å². The molecule has 0 aromatic heterocycles. The maximum Gasteiger partial charge on any atom is 0.224 e. The molecule has 3 nitrogen and oxygen atoms in total. The zero-order valence-electron chi connectivity index (χ0n) is 16.0. The molecule has 2 aromatic rings. The minimum atomic E-state index is 0.0191. The Bertz CT molecular complexity index is 735. The summed E-state index contributed by atoms with van der Waals surface area (Å²) in [6.45, 7) is 10.8. The van der Waals surface area contributed by atoms with E-state index in [0.29, 0.717) is 18.9 Å². The maximum atomic E-state index is 11.9. The van der Waals surface area contributed by atoms with Gasteiger partial charge in [0.2, 0.25) is 5.91 Å². The molecule has 0 radical (unpaired) electrons. The molecule has 0 atom stereocenters. The first-order chi connectivity index (χ1) is 11.9. The van der Waals surface area contributed by atoms with Crippen LogP contribution in [0.15, 0.2) is 36.4 Å². The van der Waals surface area contributed by atoms with Crippen LogP contribution in [-0.4, -0.2) is 5.91 Å². The van der Waals surface area contributed by atoms with E-state index in [9.17, 15) is 4.79 Å². The maximum absolute atomic E-state index is 11.9. The van der Waals surface area contributed by atoms with Crippen molar-refractivity contribution in [3.8, 4) is 5.75 Å². The molecule has 25 heavy (non-hydrogen) atoms. The van der Waals surface area contributed by atoms with Crippen LogP contribution in [-0.2, 0) is 17.8 Å². The third-order valence-electron chi connectivity index (χ3n) is 4.43. The van der Waals surface area contributed by atoms with Gasteiger partial charge in [0.05, 0.1) is 0 Å².